The lowest BCUT2D eigenvalue weighted by Gasteiger charge is -2.02. The smallest absolute Gasteiger partial charge is 0.248 e. The van der Waals surface area contributed by atoms with E-state index < -0.39 is 0 Å². The van der Waals surface area contributed by atoms with Gasteiger partial charge < -0.3 is 9.15 Å². The molecule has 0 aliphatic rings. The minimum absolute atomic E-state index is 0.509. The normalized spacial score (nSPS) is 10.6. The molecule has 0 N–H and O–H groups in total. The van der Waals surface area contributed by atoms with Crippen molar-refractivity contribution in [2.45, 2.75) is 13.8 Å². The average molecular weight is 280 g/mol. The van der Waals surface area contributed by atoms with E-state index in [1.807, 2.05) is 62.4 Å². The van der Waals surface area contributed by atoms with Gasteiger partial charge in [0.05, 0.1) is 6.61 Å². The van der Waals surface area contributed by atoms with Crippen LogP contribution in [0.4, 0.5) is 0 Å². The Labute approximate surface area is 123 Å². The average Bonchev–Trinajstić information content (AvgIpc) is 2.98. The predicted octanol–water partition coefficient (Wildman–Crippen LogP) is 4.11. The van der Waals surface area contributed by atoms with E-state index >= 15 is 0 Å². The van der Waals surface area contributed by atoms with Gasteiger partial charge in [-0.2, -0.15) is 0 Å². The largest absolute Gasteiger partial charge is 0.494 e. The molecule has 1 aromatic heterocycles. The highest BCUT2D eigenvalue weighted by Crippen LogP contribution is 2.25. The van der Waals surface area contributed by atoms with Crippen LogP contribution in [0.5, 0.6) is 5.75 Å². The first-order valence-electron chi connectivity index (χ1n) is 6.90. The first-order chi connectivity index (χ1) is 10.3. The van der Waals surface area contributed by atoms with Crippen LogP contribution in [0, 0.1) is 6.92 Å². The van der Waals surface area contributed by atoms with Gasteiger partial charge >= 0.3 is 0 Å². The van der Waals surface area contributed by atoms with Gasteiger partial charge in [0.2, 0.25) is 11.8 Å². The maximum absolute atomic E-state index is 5.75. The van der Waals surface area contributed by atoms with Crippen molar-refractivity contribution in [1.29, 1.82) is 0 Å². The Morgan fingerprint density at radius 1 is 0.952 bits per heavy atom. The summed E-state index contributed by atoms with van der Waals surface area (Å²) in [6.45, 7) is 4.64. The standard InChI is InChI=1S/C17H16N2O2/c1-3-20-15-9-7-13(8-10-15)16-18-19-17(21-16)14-6-4-5-12(2)11-14/h4-11H,3H2,1-2H3. The van der Waals surface area contributed by atoms with E-state index in [0.717, 1.165) is 22.4 Å². The van der Waals surface area contributed by atoms with Crippen molar-refractivity contribution >= 4 is 0 Å². The molecular weight excluding hydrogens is 264 g/mol. The lowest BCUT2D eigenvalue weighted by atomic mass is 10.1. The fourth-order valence-corrected chi connectivity index (χ4v) is 2.10. The van der Waals surface area contributed by atoms with Crippen LogP contribution < -0.4 is 4.74 Å². The molecule has 0 amide bonds. The van der Waals surface area contributed by atoms with Crippen LogP contribution in [0.1, 0.15) is 12.5 Å². The second-order valence-corrected chi connectivity index (χ2v) is 4.74. The summed E-state index contributed by atoms with van der Waals surface area (Å²) in [5, 5.41) is 8.23. The van der Waals surface area contributed by atoms with Gasteiger partial charge in [-0.05, 0) is 50.2 Å². The van der Waals surface area contributed by atoms with E-state index in [4.69, 9.17) is 9.15 Å². The van der Waals surface area contributed by atoms with Gasteiger partial charge in [0.15, 0.2) is 0 Å². The Morgan fingerprint density at radius 2 is 1.67 bits per heavy atom. The maximum atomic E-state index is 5.75. The summed E-state index contributed by atoms with van der Waals surface area (Å²) in [5.41, 5.74) is 2.97. The number of hydrogen-bond acceptors (Lipinski definition) is 4. The van der Waals surface area contributed by atoms with Gasteiger partial charge in [0, 0.05) is 11.1 Å². The summed E-state index contributed by atoms with van der Waals surface area (Å²) in [7, 11) is 0. The van der Waals surface area contributed by atoms with Gasteiger partial charge in [-0.25, -0.2) is 0 Å². The third-order valence-corrected chi connectivity index (χ3v) is 3.10. The maximum Gasteiger partial charge on any atom is 0.248 e. The summed E-state index contributed by atoms with van der Waals surface area (Å²) < 4.78 is 11.2. The number of hydrogen-bond donors (Lipinski definition) is 0. The van der Waals surface area contributed by atoms with Crippen LogP contribution in [0.15, 0.2) is 52.9 Å². The molecule has 0 aliphatic carbocycles. The van der Waals surface area contributed by atoms with E-state index in [1.54, 1.807) is 0 Å². The van der Waals surface area contributed by atoms with Crippen molar-refractivity contribution in [1.82, 2.24) is 10.2 Å². The summed E-state index contributed by atoms with van der Waals surface area (Å²) in [5.74, 6) is 1.87. The minimum Gasteiger partial charge on any atom is -0.494 e. The molecule has 0 saturated carbocycles. The summed E-state index contributed by atoms with van der Waals surface area (Å²) >= 11 is 0. The summed E-state index contributed by atoms with van der Waals surface area (Å²) in [4.78, 5) is 0. The molecule has 0 unspecified atom stereocenters. The molecule has 0 spiro atoms. The summed E-state index contributed by atoms with van der Waals surface area (Å²) in [6, 6.07) is 15.6. The highest BCUT2D eigenvalue weighted by atomic mass is 16.5. The zero-order chi connectivity index (χ0) is 14.7. The minimum atomic E-state index is 0.509. The van der Waals surface area contributed by atoms with Crippen molar-refractivity contribution < 1.29 is 9.15 Å². The zero-order valence-electron chi connectivity index (χ0n) is 12.0. The van der Waals surface area contributed by atoms with Gasteiger partial charge in [0.1, 0.15) is 5.75 Å². The third kappa shape index (κ3) is 2.94. The number of rotatable bonds is 4. The lowest BCUT2D eigenvalue weighted by Crippen LogP contribution is -1.90. The molecule has 106 valence electrons. The van der Waals surface area contributed by atoms with E-state index in [9.17, 15) is 0 Å². The fraction of sp³-hybridized carbons (Fsp3) is 0.176. The first-order valence-corrected chi connectivity index (χ1v) is 6.90. The molecule has 4 heteroatoms. The van der Waals surface area contributed by atoms with Crippen LogP contribution >= 0.6 is 0 Å². The second kappa shape index (κ2) is 5.79. The highest BCUT2D eigenvalue weighted by Gasteiger charge is 2.10. The fourth-order valence-electron chi connectivity index (χ4n) is 2.10. The molecule has 3 rings (SSSR count). The van der Waals surface area contributed by atoms with Crippen LogP contribution in [0.2, 0.25) is 0 Å². The molecule has 0 atom stereocenters. The van der Waals surface area contributed by atoms with Crippen LogP contribution in [-0.4, -0.2) is 16.8 Å². The van der Waals surface area contributed by atoms with Gasteiger partial charge in [-0.3, -0.25) is 0 Å². The number of nitrogens with zero attached hydrogens (tertiary/aromatic N) is 2. The molecule has 0 fully saturated rings. The van der Waals surface area contributed by atoms with Crippen molar-refractivity contribution in [3.05, 3.63) is 54.1 Å². The van der Waals surface area contributed by atoms with E-state index in [-0.39, 0.29) is 0 Å². The SMILES string of the molecule is CCOc1ccc(-c2nnc(-c3cccc(C)c3)o2)cc1. The van der Waals surface area contributed by atoms with E-state index in [2.05, 4.69) is 10.2 Å². The molecule has 4 nitrogen and oxygen atoms in total. The van der Waals surface area contributed by atoms with E-state index in [1.165, 1.54) is 0 Å². The van der Waals surface area contributed by atoms with E-state index in [0.29, 0.717) is 18.4 Å². The van der Waals surface area contributed by atoms with Crippen molar-refractivity contribution in [3.8, 4) is 28.7 Å². The Balaban J connectivity index is 1.87. The number of aromatic nitrogens is 2. The molecule has 21 heavy (non-hydrogen) atoms. The lowest BCUT2D eigenvalue weighted by molar-refractivity contribution is 0.340. The Morgan fingerprint density at radius 3 is 2.33 bits per heavy atom. The molecule has 0 aliphatic heterocycles. The Kier molecular flexibility index (Phi) is 3.69. The molecule has 0 saturated heterocycles. The van der Waals surface area contributed by atoms with Crippen LogP contribution in [0.3, 0.4) is 0 Å². The summed E-state index contributed by atoms with van der Waals surface area (Å²) in [6.07, 6.45) is 0. The molecule has 1 heterocycles. The van der Waals surface area contributed by atoms with Gasteiger partial charge in [-0.1, -0.05) is 17.7 Å². The van der Waals surface area contributed by atoms with Crippen LogP contribution in [-0.2, 0) is 0 Å². The third-order valence-electron chi connectivity index (χ3n) is 3.10. The van der Waals surface area contributed by atoms with Gasteiger partial charge in [-0.15, -0.1) is 10.2 Å². The topological polar surface area (TPSA) is 48.2 Å². The molecule has 0 radical (unpaired) electrons. The molecule has 2 aromatic carbocycles. The monoisotopic (exact) mass is 280 g/mol. The predicted molar refractivity (Wildman–Crippen MR) is 81.1 cm³/mol. The Bertz CT molecular complexity index is 733. The molecular formula is C17H16N2O2. The number of benzene rings is 2. The van der Waals surface area contributed by atoms with Gasteiger partial charge in [0.25, 0.3) is 0 Å². The van der Waals surface area contributed by atoms with Crippen molar-refractivity contribution in [2.24, 2.45) is 0 Å². The molecule has 0 bridgehead atoms. The Hall–Kier alpha value is -2.62. The zero-order valence-corrected chi connectivity index (χ0v) is 12.0. The van der Waals surface area contributed by atoms with Crippen LogP contribution in [0.25, 0.3) is 22.9 Å². The first kappa shape index (κ1) is 13.4. The molecule has 3 aromatic rings. The van der Waals surface area contributed by atoms with Crippen molar-refractivity contribution in [3.63, 3.8) is 0 Å². The number of aryl methyl sites for hydroxylation is 1. The quantitative estimate of drug-likeness (QED) is 0.721. The van der Waals surface area contributed by atoms with Crippen molar-refractivity contribution in [2.75, 3.05) is 6.61 Å². The number of ether oxygens (including phenoxy) is 1. The highest BCUT2D eigenvalue weighted by molar-refractivity contribution is 5.59. The second-order valence-electron chi connectivity index (χ2n) is 4.74.